The van der Waals surface area contributed by atoms with Gasteiger partial charge in [0.2, 0.25) is 0 Å². The molecule has 2 aliphatic heterocycles. The number of aryl methyl sites for hydroxylation is 1. The molecule has 5 nitrogen and oxygen atoms in total. The fraction of sp³-hybridized carbons (Fsp3) is 0.562. The first kappa shape index (κ1) is 14.4. The molecule has 2 aliphatic rings. The van der Waals surface area contributed by atoms with Gasteiger partial charge in [-0.15, -0.1) is 0 Å². The molecule has 3 rings (SSSR count). The Bertz CT molecular complexity index is 534. The molecule has 0 radical (unpaired) electrons. The highest BCUT2D eigenvalue weighted by Gasteiger charge is 2.51. The van der Waals surface area contributed by atoms with Gasteiger partial charge >= 0.3 is 6.09 Å². The molecule has 2 fully saturated rings. The van der Waals surface area contributed by atoms with Crippen molar-refractivity contribution < 1.29 is 14.6 Å². The van der Waals surface area contributed by atoms with Gasteiger partial charge in [0.15, 0.2) is 5.60 Å². The van der Waals surface area contributed by atoms with E-state index in [9.17, 15) is 9.90 Å². The Kier molecular flexibility index (Phi) is 3.87. The van der Waals surface area contributed by atoms with E-state index in [2.05, 4.69) is 24.4 Å². The SMILES string of the molecule is Cc1ccccc1CCN1C[C@]2(CCNC[C@@H]2O)OC1=O. The number of β-amino-alcohol motifs (C(OH)–C–C–N with tert-alkyl or cyclic N) is 1. The highest BCUT2D eigenvalue weighted by atomic mass is 16.6. The van der Waals surface area contributed by atoms with E-state index in [0.29, 0.717) is 26.1 Å². The molecule has 0 bridgehead atoms. The quantitative estimate of drug-likeness (QED) is 0.874. The molecule has 2 heterocycles. The molecule has 2 atom stereocenters. The van der Waals surface area contributed by atoms with E-state index in [1.807, 2.05) is 12.1 Å². The first-order valence-corrected chi connectivity index (χ1v) is 7.52. The van der Waals surface area contributed by atoms with E-state index in [1.54, 1.807) is 4.90 Å². The molecule has 0 aliphatic carbocycles. The third kappa shape index (κ3) is 2.76. The van der Waals surface area contributed by atoms with E-state index >= 15 is 0 Å². The van der Waals surface area contributed by atoms with Crippen LogP contribution in [0.5, 0.6) is 0 Å². The third-order valence-electron chi connectivity index (χ3n) is 4.59. The largest absolute Gasteiger partial charge is 0.438 e. The number of hydrogen-bond donors (Lipinski definition) is 2. The van der Waals surface area contributed by atoms with Crippen LogP contribution in [0.3, 0.4) is 0 Å². The lowest BCUT2D eigenvalue weighted by Crippen LogP contribution is -2.56. The smallest absolute Gasteiger partial charge is 0.410 e. The predicted octanol–water partition coefficient (Wildman–Crippen LogP) is 1.08. The summed E-state index contributed by atoms with van der Waals surface area (Å²) < 4.78 is 5.53. The number of amides is 1. The highest BCUT2D eigenvalue weighted by Crippen LogP contribution is 2.31. The Morgan fingerprint density at radius 1 is 1.48 bits per heavy atom. The van der Waals surface area contributed by atoms with E-state index in [4.69, 9.17) is 4.74 Å². The van der Waals surface area contributed by atoms with Crippen LogP contribution < -0.4 is 5.32 Å². The number of nitrogens with one attached hydrogen (secondary N) is 1. The van der Waals surface area contributed by atoms with Crippen molar-refractivity contribution in [3.8, 4) is 0 Å². The third-order valence-corrected chi connectivity index (χ3v) is 4.59. The van der Waals surface area contributed by atoms with E-state index < -0.39 is 11.7 Å². The number of rotatable bonds is 3. The first-order valence-electron chi connectivity index (χ1n) is 7.52. The summed E-state index contributed by atoms with van der Waals surface area (Å²) >= 11 is 0. The summed E-state index contributed by atoms with van der Waals surface area (Å²) in [6.45, 7) is 4.46. The summed E-state index contributed by atoms with van der Waals surface area (Å²) in [5.74, 6) is 0. The minimum absolute atomic E-state index is 0.301. The maximum atomic E-state index is 12.1. The second-order valence-electron chi connectivity index (χ2n) is 6.00. The molecule has 0 unspecified atom stereocenters. The molecule has 114 valence electrons. The van der Waals surface area contributed by atoms with Crippen LogP contribution in [-0.2, 0) is 11.2 Å². The first-order chi connectivity index (χ1) is 10.1. The van der Waals surface area contributed by atoms with Crippen LogP contribution in [0.4, 0.5) is 4.79 Å². The summed E-state index contributed by atoms with van der Waals surface area (Å²) in [7, 11) is 0. The maximum Gasteiger partial charge on any atom is 0.410 e. The number of ether oxygens (including phenoxy) is 1. The van der Waals surface area contributed by atoms with Crippen LogP contribution in [0.2, 0.25) is 0 Å². The summed E-state index contributed by atoms with van der Waals surface area (Å²) in [5.41, 5.74) is 1.77. The number of piperidine rings is 1. The van der Waals surface area contributed by atoms with Crippen molar-refractivity contribution in [1.82, 2.24) is 10.2 Å². The van der Waals surface area contributed by atoms with Gasteiger partial charge in [0.1, 0.15) is 6.10 Å². The second kappa shape index (κ2) is 5.66. The monoisotopic (exact) mass is 290 g/mol. The average Bonchev–Trinajstić information content (AvgIpc) is 2.79. The minimum Gasteiger partial charge on any atom is -0.438 e. The zero-order chi connectivity index (χ0) is 14.9. The number of nitrogens with zero attached hydrogens (tertiary/aromatic N) is 1. The molecular weight excluding hydrogens is 268 g/mol. The lowest BCUT2D eigenvalue weighted by atomic mass is 9.89. The number of carbonyl (C=O) groups excluding carboxylic acids is 1. The summed E-state index contributed by atoms with van der Waals surface area (Å²) in [4.78, 5) is 13.8. The highest BCUT2D eigenvalue weighted by molar-refractivity contribution is 5.71. The summed E-state index contributed by atoms with van der Waals surface area (Å²) in [6.07, 6.45) is 0.552. The minimum atomic E-state index is -0.714. The van der Waals surface area contributed by atoms with Crippen molar-refractivity contribution >= 4 is 6.09 Å². The summed E-state index contributed by atoms with van der Waals surface area (Å²) in [5, 5.41) is 13.3. The van der Waals surface area contributed by atoms with E-state index in [0.717, 1.165) is 13.0 Å². The van der Waals surface area contributed by atoms with Gasteiger partial charge in [-0.2, -0.15) is 0 Å². The number of hydrogen-bond acceptors (Lipinski definition) is 4. The fourth-order valence-corrected chi connectivity index (χ4v) is 3.17. The molecule has 0 saturated carbocycles. The number of benzene rings is 1. The topological polar surface area (TPSA) is 61.8 Å². The van der Waals surface area contributed by atoms with Gasteiger partial charge in [-0.1, -0.05) is 24.3 Å². The van der Waals surface area contributed by atoms with Gasteiger partial charge in [-0.3, -0.25) is 0 Å². The van der Waals surface area contributed by atoms with Crippen LogP contribution in [0.1, 0.15) is 17.5 Å². The van der Waals surface area contributed by atoms with Crippen LogP contribution in [0, 0.1) is 6.92 Å². The zero-order valence-electron chi connectivity index (χ0n) is 12.3. The van der Waals surface area contributed by atoms with Crippen molar-refractivity contribution in [3.63, 3.8) is 0 Å². The molecular formula is C16H22N2O3. The molecule has 0 aromatic heterocycles. The van der Waals surface area contributed by atoms with Gasteiger partial charge in [-0.05, 0) is 31.0 Å². The second-order valence-corrected chi connectivity index (χ2v) is 6.00. The number of carbonyl (C=O) groups is 1. The molecule has 2 saturated heterocycles. The van der Waals surface area contributed by atoms with Gasteiger partial charge in [0, 0.05) is 19.5 Å². The molecule has 1 aromatic rings. The van der Waals surface area contributed by atoms with Crippen molar-refractivity contribution in [2.75, 3.05) is 26.2 Å². The van der Waals surface area contributed by atoms with E-state index in [-0.39, 0.29) is 6.09 Å². The fourth-order valence-electron chi connectivity index (χ4n) is 3.17. The molecule has 21 heavy (non-hydrogen) atoms. The Morgan fingerprint density at radius 3 is 3.05 bits per heavy atom. The molecule has 1 amide bonds. The van der Waals surface area contributed by atoms with Crippen molar-refractivity contribution in [3.05, 3.63) is 35.4 Å². The molecule has 5 heteroatoms. The lowest BCUT2D eigenvalue weighted by molar-refractivity contribution is -0.0693. The number of aliphatic hydroxyl groups excluding tert-OH is 1. The maximum absolute atomic E-state index is 12.1. The van der Waals surface area contributed by atoms with Crippen LogP contribution in [0.25, 0.3) is 0 Å². The zero-order valence-corrected chi connectivity index (χ0v) is 12.3. The Hall–Kier alpha value is -1.59. The summed E-state index contributed by atoms with van der Waals surface area (Å²) in [6, 6.07) is 8.20. The van der Waals surface area contributed by atoms with Gasteiger partial charge in [0.05, 0.1) is 6.54 Å². The van der Waals surface area contributed by atoms with Gasteiger partial charge in [0.25, 0.3) is 0 Å². The van der Waals surface area contributed by atoms with Crippen LogP contribution in [0.15, 0.2) is 24.3 Å². The van der Waals surface area contributed by atoms with Gasteiger partial charge in [-0.25, -0.2) is 4.79 Å². The lowest BCUT2D eigenvalue weighted by Gasteiger charge is -2.36. The van der Waals surface area contributed by atoms with Crippen LogP contribution in [-0.4, -0.2) is 54.0 Å². The molecule has 2 N–H and O–H groups in total. The van der Waals surface area contributed by atoms with Crippen LogP contribution >= 0.6 is 0 Å². The Labute approximate surface area is 124 Å². The van der Waals surface area contributed by atoms with Crippen molar-refractivity contribution in [1.29, 1.82) is 0 Å². The predicted molar refractivity (Wildman–Crippen MR) is 79.2 cm³/mol. The van der Waals surface area contributed by atoms with Crippen molar-refractivity contribution in [2.24, 2.45) is 0 Å². The standard InChI is InChI=1S/C16H22N2O3/c1-12-4-2-3-5-13(12)6-9-18-11-16(21-15(18)20)7-8-17-10-14(16)19/h2-5,14,17,19H,6-11H2,1H3/t14-,16-/m0/s1. The van der Waals surface area contributed by atoms with E-state index in [1.165, 1.54) is 11.1 Å². The Morgan fingerprint density at radius 2 is 2.29 bits per heavy atom. The molecule has 1 aromatic carbocycles. The number of aliphatic hydroxyl groups is 1. The average molecular weight is 290 g/mol. The molecule has 1 spiro atoms. The van der Waals surface area contributed by atoms with Gasteiger partial charge < -0.3 is 20.1 Å². The Balaban J connectivity index is 1.64. The van der Waals surface area contributed by atoms with Crippen molar-refractivity contribution in [2.45, 2.75) is 31.5 Å². The normalized spacial score (nSPS) is 29.0.